The molecule has 0 saturated carbocycles. The molecule has 0 spiro atoms. The summed E-state index contributed by atoms with van der Waals surface area (Å²) in [6, 6.07) is 8.13. The summed E-state index contributed by atoms with van der Waals surface area (Å²) in [6.07, 6.45) is 1.74. The van der Waals surface area contributed by atoms with Crippen molar-refractivity contribution in [3.63, 3.8) is 0 Å². The third kappa shape index (κ3) is 7.64. The monoisotopic (exact) mass is 487 g/mol. The number of nitrogens with zero attached hydrogens (tertiary/aromatic N) is 1. The van der Waals surface area contributed by atoms with Crippen LogP contribution in [0.2, 0.25) is 0 Å². The Balaban J connectivity index is 3.29. The molecular formula is C27H45N5O3. The van der Waals surface area contributed by atoms with Crippen LogP contribution in [0.25, 0.3) is 0 Å². The topological polar surface area (TPSA) is 117 Å². The lowest BCUT2D eigenvalue weighted by molar-refractivity contribution is -0.140. The van der Waals surface area contributed by atoms with Gasteiger partial charge in [-0.3, -0.25) is 19.8 Å². The van der Waals surface area contributed by atoms with E-state index in [-0.39, 0.29) is 23.8 Å². The highest BCUT2D eigenvalue weighted by molar-refractivity contribution is 5.93. The van der Waals surface area contributed by atoms with Gasteiger partial charge in [0, 0.05) is 18.0 Å². The minimum absolute atomic E-state index is 0.0304. The fourth-order valence-corrected chi connectivity index (χ4v) is 4.28. The van der Waals surface area contributed by atoms with E-state index in [4.69, 9.17) is 5.84 Å². The van der Waals surface area contributed by atoms with Gasteiger partial charge in [0.25, 0.3) is 5.91 Å². The molecule has 1 rings (SSSR count). The number of hydrogen-bond acceptors (Lipinski definition) is 5. The van der Waals surface area contributed by atoms with Crippen molar-refractivity contribution in [3.8, 4) is 0 Å². The Morgan fingerprint density at radius 1 is 1.00 bits per heavy atom. The zero-order chi connectivity index (χ0) is 27.1. The predicted molar refractivity (Wildman–Crippen MR) is 141 cm³/mol. The first-order valence-corrected chi connectivity index (χ1v) is 12.1. The van der Waals surface area contributed by atoms with Crippen LogP contribution in [-0.4, -0.2) is 54.8 Å². The molecule has 0 saturated heterocycles. The number of hydrogen-bond donors (Lipinski definition) is 4. The van der Waals surface area contributed by atoms with E-state index in [1.807, 2.05) is 78.8 Å². The molecule has 0 unspecified atom stereocenters. The molecule has 0 aliphatic carbocycles. The minimum Gasteiger partial charge on any atom is -0.342 e. The molecule has 8 heteroatoms. The number of likely N-dealkylation sites (N-methyl/N-ethyl adjacent to an activating group) is 2. The fraction of sp³-hybridized carbons (Fsp3) is 0.593. The van der Waals surface area contributed by atoms with E-state index in [9.17, 15) is 14.4 Å². The van der Waals surface area contributed by atoms with Crippen LogP contribution in [-0.2, 0) is 19.8 Å². The third-order valence-electron chi connectivity index (χ3n) is 6.58. The van der Waals surface area contributed by atoms with E-state index in [1.165, 1.54) is 0 Å². The smallest absolute Gasteiger partial charge is 0.260 e. The van der Waals surface area contributed by atoms with Gasteiger partial charge in [0.2, 0.25) is 11.8 Å². The number of amides is 3. The quantitative estimate of drug-likeness (QED) is 0.175. The predicted octanol–water partition coefficient (Wildman–Crippen LogP) is 2.50. The lowest BCUT2D eigenvalue weighted by Gasteiger charge is -2.40. The standard InChI is InChI=1S/C27H45N5O3/c1-17(2)20(16-18(3)23(33)31-28)32(10)25(35)22(26(4,5)6)30-24(34)21(29-9)27(7,8)19-14-12-11-13-15-19/h11-17,20-22,29H,28H2,1-10H3,(H,30,34)(H,31,33)/t20-,21-,22-/m1/s1. The molecule has 0 aromatic heterocycles. The van der Waals surface area contributed by atoms with Gasteiger partial charge >= 0.3 is 0 Å². The summed E-state index contributed by atoms with van der Waals surface area (Å²) >= 11 is 0. The van der Waals surface area contributed by atoms with Gasteiger partial charge in [-0.2, -0.15) is 0 Å². The van der Waals surface area contributed by atoms with Crippen LogP contribution in [0.15, 0.2) is 42.0 Å². The lowest BCUT2D eigenvalue weighted by Crippen LogP contribution is -2.61. The number of benzene rings is 1. The van der Waals surface area contributed by atoms with Crippen LogP contribution in [0.5, 0.6) is 0 Å². The lowest BCUT2D eigenvalue weighted by atomic mass is 9.76. The molecule has 0 aliphatic rings. The summed E-state index contributed by atoms with van der Waals surface area (Å²) in [5.41, 5.74) is 2.49. The van der Waals surface area contributed by atoms with Gasteiger partial charge in [-0.05, 0) is 30.9 Å². The molecule has 196 valence electrons. The second kappa shape index (κ2) is 12.3. The molecular weight excluding hydrogens is 442 g/mol. The van der Waals surface area contributed by atoms with Gasteiger partial charge in [0.05, 0.1) is 12.1 Å². The van der Waals surface area contributed by atoms with E-state index in [0.717, 1.165) is 5.56 Å². The van der Waals surface area contributed by atoms with Gasteiger partial charge in [-0.1, -0.05) is 84.9 Å². The number of nitrogens with one attached hydrogen (secondary N) is 3. The third-order valence-corrected chi connectivity index (χ3v) is 6.58. The van der Waals surface area contributed by atoms with Crippen molar-refractivity contribution < 1.29 is 14.4 Å². The molecule has 0 aliphatic heterocycles. The van der Waals surface area contributed by atoms with Gasteiger partial charge < -0.3 is 15.5 Å². The first kappa shape index (κ1) is 30.3. The maximum absolute atomic E-state index is 13.8. The van der Waals surface area contributed by atoms with E-state index >= 15 is 0 Å². The average molecular weight is 488 g/mol. The molecule has 1 aromatic carbocycles. The van der Waals surface area contributed by atoms with Gasteiger partial charge in [0.15, 0.2) is 0 Å². The van der Waals surface area contributed by atoms with Crippen LogP contribution >= 0.6 is 0 Å². The molecule has 3 amide bonds. The molecule has 1 aromatic rings. The second-order valence-corrected chi connectivity index (χ2v) is 11.1. The molecule has 35 heavy (non-hydrogen) atoms. The first-order chi connectivity index (χ1) is 16.1. The highest BCUT2D eigenvalue weighted by Crippen LogP contribution is 2.29. The number of carbonyl (C=O) groups is 3. The summed E-state index contributed by atoms with van der Waals surface area (Å²) in [7, 11) is 3.45. The average Bonchev–Trinajstić information content (AvgIpc) is 2.79. The Kier molecular flexibility index (Phi) is 10.7. The van der Waals surface area contributed by atoms with Crippen LogP contribution in [0.1, 0.15) is 61.0 Å². The van der Waals surface area contributed by atoms with Crippen molar-refractivity contribution in [1.82, 2.24) is 21.0 Å². The van der Waals surface area contributed by atoms with Crippen LogP contribution in [0, 0.1) is 11.3 Å². The number of rotatable bonds is 10. The van der Waals surface area contributed by atoms with E-state index in [2.05, 4.69) is 16.1 Å². The van der Waals surface area contributed by atoms with E-state index in [0.29, 0.717) is 5.57 Å². The van der Waals surface area contributed by atoms with Crippen molar-refractivity contribution in [2.45, 2.75) is 78.9 Å². The van der Waals surface area contributed by atoms with Crippen molar-refractivity contribution >= 4 is 17.7 Å². The Hall–Kier alpha value is -2.71. The summed E-state index contributed by atoms with van der Waals surface area (Å²) in [6.45, 7) is 15.4. The Bertz CT molecular complexity index is 903. The molecule has 5 N–H and O–H groups in total. The second-order valence-electron chi connectivity index (χ2n) is 11.1. The molecule has 8 nitrogen and oxygen atoms in total. The summed E-state index contributed by atoms with van der Waals surface area (Å²) in [5.74, 6) is 4.41. The van der Waals surface area contributed by atoms with Crippen LogP contribution < -0.4 is 21.9 Å². The Labute approximate surface area is 211 Å². The van der Waals surface area contributed by atoms with Gasteiger partial charge in [0.1, 0.15) is 6.04 Å². The molecule has 0 bridgehead atoms. The molecule has 0 fully saturated rings. The number of hydrazine groups is 1. The first-order valence-electron chi connectivity index (χ1n) is 12.1. The largest absolute Gasteiger partial charge is 0.342 e. The SMILES string of the molecule is CN[C@H](C(=O)N[C@H](C(=O)N(C)[C@H](C=C(C)C(=O)NN)C(C)C)C(C)(C)C)C(C)(C)c1ccccc1. The maximum atomic E-state index is 13.8. The van der Waals surface area contributed by atoms with Crippen LogP contribution in [0.4, 0.5) is 0 Å². The van der Waals surface area contributed by atoms with Crippen molar-refractivity contribution in [3.05, 3.63) is 47.5 Å². The Morgan fingerprint density at radius 3 is 1.97 bits per heavy atom. The van der Waals surface area contributed by atoms with Crippen molar-refractivity contribution in [1.29, 1.82) is 0 Å². The molecule has 0 radical (unpaired) electrons. The highest BCUT2D eigenvalue weighted by atomic mass is 16.2. The zero-order valence-electron chi connectivity index (χ0n) is 23.0. The molecule has 0 heterocycles. The van der Waals surface area contributed by atoms with Crippen molar-refractivity contribution in [2.75, 3.05) is 14.1 Å². The summed E-state index contributed by atoms with van der Waals surface area (Å²) < 4.78 is 0. The summed E-state index contributed by atoms with van der Waals surface area (Å²) in [5, 5.41) is 6.18. The van der Waals surface area contributed by atoms with E-state index < -0.39 is 28.8 Å². The summed E-state index contributed by atoms with van der Waals surface area (Å²) in [4.78, 5) is 40.9. The maximum Gasteiger partial charge on any atom is 0.260 e. The fourth-order valence-electron chi connectivity index (χ4n) is 4.28. The van der Waals surface area contributed by atoms with E-state index in [1.54, 1.807) is 32.0 Å². The highest BCUT2D eigenvalue weighted by Gasteiger charge is 2.41. The number of nitrogens with two attached hydrogens (primary N) is 1. The molecule has 3 atom stereocenters. The zero-order valence-corrected chi connectivity index (χ0v) is 23.0. The Morgan fingerprint density at radius 2 is 1.54 bits per heavy atom. The minimum atomic E-state index is -0.777. The normalized spacial score (nSPS) is 15.3. The van der Waals surface area contributed by atoms with Gasteiger partial charge in [-0.25, -0.2) is 5.84 Å². The van der Waals surface area contributed by atoms with Crippen LogP contribution in [0.3, 0.4) is 0 Å². The van der Waals surface area contributed by atoms with Gasteiger partial charge in [-0.15, -0.1) is 0 Å². The van der Waals surface area contributed by atoms with Crippen molar-refractivity contribution in [2.24, 2.45) is 17.2 Å². The number of carbonyl (C=O) groups excluding carboxylic acids is 3.